The summed E-state index contributed by atoms with van der Waals surface area (Å²) < 4.78 is 5.30. The van der Waals surface area contributed by atoms with E-state index in [1.807, 2.05) is 12.1 Å². The highest BCUT2D eigenvalue weighted by Crippen LogP contribution is 2.19. The SMILES string of the molecule is COc1ccc2c(c1)CC[NH+]=C2/C=C/c1ccccc1. The lowest BCUT2D eigenvalue weighted by Gasteiger charge is -2.11. The van der Waals surface area contributed by atoms with Crippen LogP contribution in [0.1, 0.15) is 16.7 Å². The fraction of sp³-hybridized carbons (Fsp3) is 0.167. The number of rotatable bonds is 3. The van der Waals surface area contributed by atoms with Crippen LogP contribution in [0.3, 0.4) is 0 Å². The van der Waals surface area contributed by atoms with Crippen LogP contribution >= 0.6 is 0 Å². The monoisotopic (exact) mass is 264 g/mol. The molecule has 3 rings (SSSR count). The van der Waals surface area contributed by atoms with Gasteiger partial charge in [-0.25, -0.2) is 4.99 Å². The Kier molecular flexibility index (Phi) is 3.64. The van der Waals surface area contributed by atoms with Gasteiger partial charge in [-0.1, -0.05) is 30.3 Å². The van der Waals surface area contributed by atoms with Crippen molar-refractivity contribution in [2.24, 2.45) is 0 Å². The minimum atomic E-state index is 0.928. The lowest BCUT2D eigenvalue weighted by molar-refractivity contribution is -0.456. The average Bonchev–Trinajstić information content (AvgIpc) is 2.53. The molecule has 1 aliphatic heterocycles. The summed E-state index contributed by atoms with van der Waals surface area (Å²) >= 11 is 0. The van der Waals surface area contributed by atoms with Crippen LogP contribution in [-0.4, -0.2) is 19.4 Å². The second kappa shape index (κ2) is 5.74. The maximum atomic E-state index is 5.30. The largest absolute Gasteiger partial charge is 0.497 e. The number of fused-ring (bicyclic) bond motifs is 1. The van der Waals surface area contributed by atoms with Crippen LogP contribution in [0.2, 0.25) is 0 Å². The van der Waals surface area contributed by atoms with E-state index in [2.05, 4.69) is 53.5 Å². The number of methoxy groups -OCH3 is 1. The van der Waals surface area contributed by atoms with Crippen LogP contribution in [-0.2, 0) is 6.42 Å². The normalized spacial score (nSPS) is 13.9. The van der Waals surface area contributed by atoms with E-state index in [0.717, 1.165) is 18.7 Å². The molecule has 0 spiro atoms. The highest BCUT2D eigenvalue weighted by atomic mass is 16.5. The van der Waals surface area contributed by atoms with E-state index in [-0.39, 0.29) is 0 Å². The minimum absolute atomic E-state index is 0.928. The predicted molar refractivity (Wildman–Crippen MR) is 82.1 cm³/mol. The molecule has 1 N–H and O–H groups in total. The molecule has 0 fully saturated rings. The summed E-state index contributed by atoms with van der Waals surface area (Å²) in [7, 11) is 1.71. The first kappa shape index (κ1) is 12.7. The molecule has 0 radical (unpaired) electrons. The quantitative estimate of drug-likeness (QED) is 0.898. The van der Waals surface area contributed by atoms with Crippen molar-refractivity contribution in [3.8, 4) is 5.75 Å². The molecule has 1 aliphatic rings. The van der Waals surface area contributed by atoms with Gasteiger partial charge in [0.25, 0.3) is 0 Å². The lowest BCUT2D eigenvalue weighted by atomic mass is 9.96. The van der Waals surface area contributed by atoms with Crippen molar-refractivity contribution < 1.29 is 9.73 Å². The summed E-state index contributed by atoms with van der Waals surface area (Å²) in [5, 5.41) is 0. The zero-order valence-electron chi connectivity index (χ0n) is 11.6. The second-order valence-electron chi connectivity index (χ2n) is 4.86. The zero-order valence-corrected chi connectivity index (χ0v) is 11.6. The number of ether oxygens (including phenoxy) is 1. The van der Waals surface area contributed by atoms with Gasteiger partial charge >= 0.3 is 0 Å². The molecule has 1 heterocycles. The van der Waals surface area contributed by atoms with Gasteiger partial charge in [0, 0.05) is 18.1 Å². The number of hydrogen-bond acceptors (Lipinski definition) is 1. The number of benzene rings is 2. The first-order valence-corrected chi connectivity index (χ1v) is 6.88. The maximum absolute atomic E-state index is 5.30. The van der Waals surface area contributed by atoms with Crippen molar-refractivity contribution in [2.45, 2.75) is 6.42 Å². The van der Waals surface area contributed by atoms with Crippen molar-refractivity contribution in [3.05, 3.63) is 71.3 Å². The van der Waals surface area contributed by atoms with Gasteiger partial charge in [0.2, 0.25) is 5.71 Å². The van der Waals surface area contributed by atoms with Gasteiger partial charge in [-0.15, -0.1) is 0 Å². The Morgan fingerprint density at radius 2 is 1.90 bits per heavy atom. The van der Waals surface area contributed by atoms with Gasteiger partial charge in [0.1, 0.15) is 12.3 Å². The van der Waals surface area contributed by atoms with Crippen LogP contribution in [0.15, 0.2) is 54.6 Å². The fourth-order valence-corrected chi connectivity index (χ4v) is 2.49. The topological polar surface area (TPSA) is 23.2 Å². The van der Waals surface area contributed by atoms with E-state index in [0.29, 0.717) is 0 Å². The van der Waals surface area contributed by atoms with Gasteiger partial charge in [0.05, 0.1) is 7.11 Å². The van der Waals surface area contributed by atoms with Crippen molar-refractivity contribution in [1.82, 2.24) is 0 Å². The predicted octanol–water partition coefficient (Wildman–Crippen LogP) is 1.83. The van der Waals surface area contributed by atoms with E-state index in [9.17, 15) is 0 Å². The van der Waals surface area contributed by atoms with Crippen LogP contribution in [0.4, 0.5) is 0 Å². The number of nitrogens with one attached hydrogen (secondary N) is 1. The van der Waals surface area contributed by atoms with Crippen molar-refractivity contribution >= 4 is 11.8 Å². The standard InChI is InChI=1S/C18H17NO/c1-20-16-8-9-17-15(13-16)11-12-19-18(17)10-7-14-5-3-2-4-6-14/h2-10,13H,11-12H2,1H3/p+1/b10-7+. The Morgan fingerprint density at radius 3 is 2.70 bits per heavy atom. The Labute approximate surface area is 119 Å². The molecule has 0 saturated carbocycles. The first-order valence-electron chi connectivity index (χ1n) is 6.88. The molecule has 0 aromatic heterocycles. The molecular weight excluding hydrogens is 246 g/mol. The van der Waals surface area contributed by atoms with Crippen LogP contribution in [0.25, 0.3) is 6.08 Å². The van der Waals surface area contributed by atoms with Crippen molar-refractivity contribution in [2.75, 3.05) is 13.7 Å². The summed E-state index contributed by atoms with van der Waals surface area (Å²) in [5.41, 5.74) is 5.00. The molecule has 0 bridgehead atoms. The molecule has 0 saturated heterocycles. The fourth-order valence-electron chi connectivity index (χ4n) is 2.49. The van der Waals surface area contributed by atoms with E-state index < -0.39 is 0 Å². The molecule has 2 aromatic carbocycles. The molecule has 20 heavy (non-hydrogen) atoms. The minimum Gasteiger partial charge on any atom is -0.497 e. The summed E-state index contributed by atoms with van der Waals surface area (Å²) in [6, 6.07) is 16.6. The van der Waals surface area contributed by atoms with Crippen LogP contribution in [0.5, 0.6) is 5.75 Å². The molecule has 2 nitrogen and oxygen atoms in total. The third-order valence-corrected chi connectivity index (χ3v) is 3.55. The van der Waals surface area contributed by atoms with E-state index in [1.165, 1.54) is 22.4 Å². The van der Waals surface area contributed by atoms with Crippen molar-refractivity contribution in [1.29, 1.82) is 0 Å². The van der Waals surface area contributed by atoms with Gasteiger partial charge in [0.15, 0.2) is 0 Å². The molecule has 0 aliphatic carbocycles. The van der Waals surface area contributed by atoms with Crippen LogP contribution in [0, 0.1) is 0 Å². The summed E-state index contributed by atoms with van der Waals surface area (Å²) in [5.74, 6) is 0.928. The van der Waals surface area contributed by atoms with E-state index in [4.69, 9.17) is 4.74 Å². The molecule has 0 amide bonds. The maximum Gasteiger partial charge on any atom is 0.205 e. The van der Waals surface area contributed by atoms with Crippen LogP contribution < -0.4 is 9.73 Å². The van der Waals surface area contributed by atoms with Crippen molar-refractivity contribution in [3.63, 3.8) is 0 Å². The highest BCUT2D eigenvalue weighted by Gasteiger charge is 2.17. The summed E-state index contributed by atoms with van der Waals surface area (Å²) in [4.78, 5) is 3.47. The third-order valence-electron chi connectivity index (χ3n) is 3.55. The molecule has 0 unspecified atom stereocenters. The summed E-state index contributed by atoms with van der Waals surface area (Å²) in [6.45, 7) is 0.967. The Morgan fingerprint density at radius 1 is 1.05 bits per heavy atom. The van der Waals surface area contributed by atoms with Gasteiger partial charge < -0.3 is 4.74 Å². The Bertz CT molecular complexity index is 656. The van der Waals surface area contributed by atoms with Gasteiger partial charge in [-0.2, -0.15) is 0 Å². The lowest BCUT2D eigenvalue weighted by Crippen LogP contribution is -2.75. The molecule has 100 valence electrons. The Hall–Kier alpha value is -2.35. The third kappa shape index (κ3) is 2.64. The highest BCUT2D eigenvalue weighted by molar-refractivity contribution is 6.08. The molecule has 0 atom stereocenters. The summed E-state index contributed by atoms with van der Waals surface area (Å²) in [6.07, 6.45) is 5.33. The first-order chi connectivity index (χ1) is 9.86. The van der Waals surface area contributed by atoms with E-state index in [1.54, 1.807) is 7.11 Å². The zero-order chi connectivity index (χ0) is 13.8. The molecular formula is C18H18NO+. The van der Waals surface area contributed by atoms with Gasteiger partial charge in [-0.3, -0.25) is 0 Å². The number of allylic oxidation sites excluding steroid dienone is 1. The second-order valence-corrected chi connectivity index (χ2v) is 4.86. The smallest absolute Gasteiger partial charge is 0.205 e. The van der Waals surface area contributed by atoms with Gasteiger partial charge in [-0.05, 0) is 35.4 Å². The van der Waals surface area contributed by atoms with E-state index >= 15 is 0 Å². The number of hydrogen-bond donors (Lipinski definition) is 1. The Balaban J connectivity index is 1.89. The molecule has 2 aromatic rings. The average molecular weight is 264 g/mol. The molecule has 2 heteroatoms.